The van der Waals surface area contributed by atoms with Crippen molar-refractivity contribution >= 4 is 0 Å². The van der Waals surface area contributed by atoms with Crippen LogP contribution in [0.25, 0.3) is 0 Å². The Labute approximate surface area is 84.0 Å². The molecule has 2 rings (SSSR count). The van der Waals surface area contributed by atoms with Crippen molar-refractivity contribution in [3.8, 4) is 0 Å². The Morgan fingerprint density at radius 2 is 2.50 bits per heavy atom. The molecule has 1 aliphatic rings. The van der Waals surface area contributed by atoms with Crippen LogP contribution in [0.2, 0.25) is 0 Å². The first-order valence-electron chi connectivity index (χ1n) is 5.13. The number of ether oxygens (including phenoxy) is 1. The fourth-order valence-electron chi connectivity index (χ4n) is 1.62. The molecule has 1 saturated carbocycles. The zero-order valence-corrected chi connectivity index (χ0v) is 8.52. The molecule has 78 valence electrons. The van der Waals surface area contributed by atoms with E-state index in [1.165, 1.54) is 19.3 Å². The molecule has 1 aliphatic carbocycles. The van der Waals surface area contributed by atoms with Gasteiger partial charge in [-0.2, -0.15) is 5.10 Å². The molecule has 1 heterocycles. The first kappa shape index (κ1) is 9.68. The minimum atomic E-state index is 0.0222. The third kappa shape index (κ3) is 1.96. The van der Waals surface area contributed by atoms with E-state index < -0.39 is 0 Å². The Morgan fingerprint density at radius 1 is 1.71 bits per heavy atom. The van der Waals surface area contributed by atoms with Crippen LogP contribution in [0, 0.1) is 0 Å². The van der Waals surface area contributed by atoms with E-state index in [0.29, 0.717) is 12.6 Å². The zero-order valence-electron chi connectivity index (χ0n) is 8.52. The van der Waals surface area contributed by atoms with E-state index in [-0.39, 0.29) is 6.10 Å². The molecule has 2 N–H and O–H groups in total. The topological polar surface area (TPSA) is 53.1 Å². The molecular weight excluding hydrogens is 178 g/mol. The summed E-state index contributed by atoms with van der Waals surface area (Å²) in [5, 5.41) is 4.12. The molecule has 1 atom stereocenters. The minimum Gasteiger partial charge on any atom is -0.369 e. The highest BCUT2D eigenvalue weighted by atomic mass is 16.5. The van der Waals surface area contributed by atoms with Crippen LogP contribution in [0.3, 0.4) is 0 Å². The molecule has 1 fully saturated rings. The van der Waals surface area contributed by atoms with E-state index in [2.05, 4.69) is 5.10 Å². The number of nitrogens with zero attached hydrogens (tertiary/aromatic N) is 2. The molecule has 0 aromatic carbocycles. The quantitative estimate of drug-likeness (QED) is 0.779. The van der Waals surface area contributed by atoms with Crippen molar-refractivity contribution in [2.45, 2.75) is 31.5 Å². The van der Waals surface area contributed by atoms with Gasteiger partial charge in [-0.3, -0.25) is 4.68 Å². The standard InChI is InChI=1S/C10H17N3O/c1-13-7-8(6-12-13)10(5-11)14-9-3-2-4-9/h6-7,9-10H,2-5,11H2,1H3. The van der Waals surface area contributed by atoms with Crippen LogP contribution in [0.5, 0.6) is 0 Å². The molecule has 0 amide bonds. The van der Waals surface area contributed by atoms with Gasteiger partial charge in [-0.25, -0.2) is 0 Å². The summed E-state index contributed by atoms with van der Waals surface area (Å²) in [6.45, 7) is 0.530. The number of nitrogens with two attached hydrogens (primary N) is 1. The Balaban J connectivity index is 1.97. The first-order valence-corrected chi connectivity index (χ1v) is 5.13. The summed E-state index contributed by atoms with van der Waals surface area (Å²) < 4.78 is 7.64. The van der Waals surface area contributed by atoms with Gasteiger partial charge in [0.2, 0.25) is 0 Å². The minimum absolute atomic E-state index is 0.0222. The maximum Gasteiger partial charge on any atom is 0.0981 e. The molecule has 0 radical (unpaired) electrons. The summed E-state index contributed by atoms with van der Waals surface area (Å²) in [5.74, 6) is 0. The zero-order chi connectivity index (χ0) is 9.97. The normalized spacial score (nSPS) is 19.3. The summed E-state index contributed by atoms with van der Waals surface area (Å²) in [6, 6.07) is 0. The second-order valence-corrected chi connectivity index (χ2v) is 3.86. The van der Waals surface area contributed by atoms with Gasteiger partial charge >= 0.3 is 0 Å². The third-order valence-corrected chi connectivity index (χ3v) is 2.72. The van der Waals surface area contributed by atoms with Crippen molar-refractivity contribution in [3.63, 3.8) is 0 Å². The largest absolute Gasteiger partial charge is 0.369 e. The predicted octanol–water partition coefficient (Wildman–Crippen LogP) is 0.989. The van der Waals surface area contributed by atoms with Crippen LogP contribution in [-0.2, 0) is 11.8 Å². The van der Waals surface area contributed by atoms with E-state index in [4.69, 9.17) is 10.5 Å². The van der Waals surface area contributed by atoms with Gasteiger partial charge < -0.3 is 10.5 Å². The highest BCUT2D eigenvalue weighted by Crippen LogP contribution is 2.28. The van der Waals surface area contributed by atoms with Gasteiger partial charge in [-0.15, -0.1) is 0 Å². The van der Waals surface area contributed by atoms with Gasteiger partial charge in [0, 0.05) is 25.4 Å². The number of hydrogen-bond acceptors (Lipinski definition) is 3. The monoisotopic (exact) mass is 195 g/mol. The van der Waals surface area contributed by atoms with Crippen molar-refractivity contribution in [3.05, 3.63) is 18.0 Å². The summed E-state index contributed by atoms with van der Waals surface area (Å²) in [7, 11) is 1.90. The Bertz CT molecular complexity index is 293. The smallest absolute Gasteiger partial charge is 0.0981 e. The van der Waals surface area contributed by atoms with Crippen molar-refractivity contribution in [1.29, 1.82) is 0 Å². The van der Waals surface area contributed by atoms with Crippen molar-refractivity contribution in [1.82, 2.24) is 9.78 Å². The second kappa shape index (κ2) is 4.11. The van der Waals surface area contributed by atoms with Gasteiger partial charge in [0.05, 0.1) is 18.4 Å². The average Bonchev–Trinajstić information content (AvgIpc) is 2.50. The van der Waals surface area contributed by atoms with E-state index >= 15 is 0 Å². The van der Waals surface area contributed by atoms with Gasteiger partial charge in [0.1, 0.15) is 0 Å². The molecule has 4 heteroatoms. The lowest BCUT2D eigenvalue weighted by Gasteiger charge is -2.29. The fourth-order valence-corrected chi connectivity index (χ4v) is 1.62. The number of aryl methyl sites for hydroxylation is 1. The number of rotatable bonds is 4. The van der Waals surface area contributed by atoms with Crippen LogP contribution in [-0.4, -0.2) is 22.4 Å². The van der Waals surface area contributed by atoms with E-state index in [1.807, 2.05) is 19.4 Å². The van der Waals surface area contributed by atoms with Crippen LogP contribution in [0.15, 0.2) is 12.4 Å². The molecule has 0 bridgehead atoms. The average molecular weight is 195 g/mol. The lowest BCUT2D eigenvalue weighted by molar-refractivity contribution is -0.0487. The molecule has 1 aromatic rings. The van der Waals surface area contributed by atoms with Crippen LogP contribution < -0.4 is 5.73 Å². The number of aromatic nitrogens is 2. The molecule has 0 spiro atoms. The molecule has 1 aromatic heterocycles. The highest BCUT2D eigenvalue weighted by Gasteiger charge is 2.23. The summed E-state index contributed by atoms with van der Waals surface area (Å²) in [6.07, 6.45) is 7.88. The van der Waals surface area contributed by atoms with Crippen molar-refractivity contribution in [2.75, 3.05) is 6.54 Å². The lowest BCUT2D eigenvalue weighted by Crippen LogP contribution is -2.27. The van der Waals surface area contributed by atoms with Gasteiger partial charge in [-0.1, -0.05) is 0 Å². The Hall–Kier alpha value is -0.870. The molecule has 4 nitrogen and oxygen atoms in total. The first-order chi connectivity index (χ1) is 6.79. The Morgan fingerprint density at radius 3 is 2.93 bits per heavy atom. The number of hydrogen-bond donors (Lipinski definition) is 1. The maximum atomic E-state index is 5.86. The van der Waals surface area contributed by atoms with Gasteiger partial charge in [-0.05, 0) is 19.3 Å². The van der Waals surface area contributed by atoms with Crippen LogP contribution in [0.1, 0.15) is 30.9 Å². The molecular formula is C10H17N3O. The summed E-state index contributed by atoms with van der Waals surface area (Å²) in [4.78, 5) is 0. The predicted molar refractivity (Wildman–Crippen MR) is 53.7 cm³/mol. The van der Waals surface area contributed by atoms with Crippen LogP contribution >= 0.6 is 0 Å². The van der Waals surface area contributed by atoms with Crippen molar-refractivity contribution < 1.29 is 4.74 Å². The van der Waals surface area contributed by atoms with Gasteiger partial charge in [0.15, 0.2) is 0 Å². The summed E-state index contributed by atoms with van der Waals surface area (Å²) >= 11 is 0. The van der Waals surface area contributed by atoms with Gasteiger partial charge in [0.25, 0.3) is 0 Å². The molecule has 14 heavy (non-hydrogen) atoms. The SMILES string of the molecule is Cn1cc(C(CN)OC2CCC2)cn1. The van der Waals surface area contributed by atoms with Crippen molar-refractivity contribution in [2.24, 2.45) is 12.8 Å². The van der Waals surface area contributed by atoms with E-state index in [0.717, 1.165) is 5.56 Å². The molecule has 0 aliphatic heterocycles. The van der Waals surface area contributed by atoms with E-state index in [1.54, 1.807) is 4.68 Å². The lowest BCUT2D eigenvalue weighted by atomic mass is 9.96. The fraction of sp³-hybridized carbons (Fsp3) is 0.700. The molecule has 1 unspecified atom stereocenters. The highest BCUT2D eigenvalue weighted by molar-refractivity contribution is 5.08. The van der Waals surface area contributed by atoms with E-state index in [9.17, 15) is 0 Å². The third-order valence-electron chi connectivity index (χ3n) is 2.72. The second-order valence-electron chi connectivity index (χ2n) is 3.86. The Kier molecular flexibility index (Phi) is 2.84. The summed E-state index contributed by atoms with van der Waals surface area (Å²) in [5.41, 5.74) is 6.76. The molecule has 0 saturated heterocycles. The maximum absolute atomic E-state index is 5.86. The van der Waals surface area contributed by atoms with Crippen LogP contribution in [0.4, 0.5) is 0 Å².